The largest absolute Gasteiger partial charge is 0.497 e. The van der Waals surface area contributed by atoms with Gasteiger partial charge in [0, 0.05) is 12.2 Å². The zero-order valence-corrected chi connectivity index (χ0v) is 16.2. The van der Waals surface area contributed by atoms with Crippen molar-refractivity contribution in [1.29, 1.82) is 0 Å². The molecule has 26 heavy (non-hydrogen) atoms. The summed E-state index contributed by atoms with van der Waals surface area (Å²) >= 11 is 0. The van der Waals surface area contributed by atoms with Crippen LogP contribution in [-0.4, -0.2) is 13.7 Å². The summed E-state index contributed by atoms with van der Waals surface area (Å²) in [7, 11) is 1.69. The van der Waals surface area contributed by atoms with Crippen LogP contribution >= 0.6 is 0 Å². The van der Waals surface area contributed by atoms with Gasteiger partial charge in [-0.25, -0.2) is 0 Å². The SMILES string of the molecule is C=C(c1ccc(NCC2(CC)CCCCC2)cc1)c1ccc(OC)cc1. The van der Waals surface area contributed by atoms with Crippen LogP contribution in [0.2, 0.25) is 0 Å². The third kappa shape index (κ3) is 4.30. The second-order valence-corrected chi connectivity index (χ2v) is 7.55. The summed E-state index contributed by atoms with van der Waals surface area (Å²) in [6.07, 6.45) is 8.17. The molecule has 138 valence electrons. The molecule has 0 atom stereocenters. The smallest absolute Gasteiger partial charge is 0.118 e. The summed E-state index contributed by atoms with van der Waals surface area (Å²) in [4.78, 5) is 0. The van der Waals surface area contributed by atoms with Crippen molar-refractivity contribution in [3.8, 4) is 5.75 Å². The van der Waals surface area contributed by atoms with Crippen LogP contribution < -0.4 is 10.1 Å². The van der Waals surface area contributed by atoms with Gasteiger partial charge >= 0.3 is 0 Å². The normalized spacial score (nSPS) is 16.1. The number of hydrogen-bond acceptors (Lipinski definition) is 2. The van der Waals surface area contributed by atoms with E-state index in [0.29, 0.717) is 5.41 Å². The molecule has 2 nitrogen and oxygen atoms in total. The van der Waals surface area contributed by atoms with Crippen LogP contribution in [0, 0.1) is 5.41 Å². The molecule has 0 radical (unpaired) electrons. The summed E-state index contributed by atoms with van der Waals surface area (Å²) < 4.78 is 5.23. The van der Waals surface area contributed by atoms with Gasteiger partial charge in [0.2, 0.25) is 0 Å². The van der Waals surface area contributed by atoms with E-state index in [1.54, 1.807) is 7.11 Å². The van der Waals surface area contributed by atoms with Crippen molar-refractivity contribution < 1.29 is 4.74 Å². The van der Waals surface area contributed by atoms with Gasteiger partial charge in [0.15, 0.2) is 0 Å². The van der Waals surface area contributed by atoms with E-state index in [2.05, 4.69) is 55.2 Å². The van der Waals surface area contributed by atoms with Crippen LogP contribution in [0.25, 0.3) is 5.57 Å². The summed E-state index contributed by atoms with van der Waals surface area (Å²) in [6.45, 7) is 7.69. The van der Waals surface area contributed by atoms with E-state index in [-0.39, 0.29) is 0 Å². The van der Waals surface area contributed by atoms with E-state index in [4.69, 9.17) is 4.74 Å². The molecule has 0 amide bonds. The number of ether oxygens (including phenoxy) is 1. The lowest BCUT2D eigenvalue weighted by Crippen LogP contribution is -2.31. The molecule has 2 aromatic rings. The molecule has 0 heterocycles. The molecule has 2 heteroatoms. The van der Waals surface area contributed by atoms with Crippen LogP contribution in [0.1, 0.15) is 56.6 Å². The summed E-state index contributed by atoms with van der Waals surface area (Å²) in [5.41, 5.74) is 5.01. The van der Waals surface area contributed by atoms with Gasteiger partial charge in [-0.1, -0.05) is 57.0 Å². The first-order chi connectivity index (χ1) is 12.7. The number of nitrogens with one attached hydrogen (secondary N) is 1. The molecule has 1 fully saturated rings. The predicted octanol–water partition coefficient (Wildman–Crippen LogP) is 6.53. The fourth-order valence-electron chi connectivity index (χ4n) is 3.99. The minimum absolute atomic E-state index is 0.490. The van der Waals surface area contributed by atoms with E-state index >= 15 is 0 Å². The lowest BCUT2D eigenvalue weighted by molar-refractivity contribution is 0.197. The van der Waals surface area contributed by atoms with Gasteiger partial charge in [0.1, 0.15) is 5.75 Å². The van der Waals surface area contributed by atoms with Crippen molar-refractivity contribution in [2.45, 2.75) is 45.4 Å². The summed E-state index contributed by atoms with van der Waals surface area (Å²) in [5, 5.41) is 3.68. The minimum atomic E-state index is 0.490. The molecule has 1 aliphatic rings. The van der Waals surface area contributed by atoms with Crippen molar-refractivity contribution >= 4 is 11.3 Å². The molecule has 0 spiro atoms. The van der Waals surface area contributed by atoms with Gasteiger partial charge in [-0.3, -0.25) is 0 Å². The number of hydrogen-bond donors (Lipinski definition) is 1. The van der Waals surface area contributed by atoms with E-state index in [1.165, 1.54) is 44.2 Å². The fourth-order valence-corrected chi connectivity index (χ4v) is 3.99. The Hall–Kier alpha value is -2.22. The van der Waals surface area contributed by atoms with Crippen molar-refractivity contribution in [2.75, 3.05) is 19.0 Å². The Morgan fingerprint density at radius 2 is 1.54 bits per heavy atom. The maximum atomic E-state index is 5.23. The maximum absolute atomic E-state index is 5.23. The average Bonchev–Trinajstić information content (AvgIpc) is 2.73. The zero-order valence-electron chi connectivity index (χ0n) is 16.2. The zero-order chi connectivity index (χ0) is 18.4. The molecule has 0 aromatic heterocycles. The van der Waals surface area contributed by atoms with Gasteiger partial charge in [-0.05, 0) is 65.6 Å². The van der Waals surface area contributed by atoms with E-state index < -0.39 is 0 Å². The second-order valence-electron chi connectivity index (χ2n) is 7.55. The third-order valence-corrected chi connectivity index (χ3v) is 6.00. The first-order valence-corrected chi connectivity index (χ1v) is 9.83. The van der Waals surface area contributed by atoms with Crippen LogP contribution in [-0.2, 0) is 0 Å². The van der Waals surface area contributed by atoms with E-state index in [1.807, 2.05) is 12.1 Å². The van der Waals surface area contributed by atoms with Crippen LogP contribution in [0.5, 0.6) is 5.75 Å². The third-order valence-electron chi connectivity index (χ3n) is 6.00. The highest BCUT2D eigenvalue weighted by Gasteiger charge is 2.29. The number of anilines is 1. The van der Waals surface area contributed by atoms with Crippen LogP contribution in [0.3, 0.4) is 0 Å². The maximum Gasteiger partial charge on any atom is 0.118 e. The quantitative estimate of drug-likeness (QED) is 0.613. The summed E-state index contributed by atoms with van der Waals surface area (Å²) in [6, 6.07) is 16.7. The number of methoxy groups -OCH3 is 1. The standard InChI is InChI=1S/C24H31NO/c1-4-24(16-6-5-7-17-24)18-25-22-12-8-20(9-13-22)19(2)21-10-14-23(26-3)15-11-21/h8-15,25H,2,4-7,16-18H2,1,3H3. The molecule has 3 rings (SSSR count). The topological polar surface area (TPSA) is 21.3 Å². The Bertz CT molecular complexity index is 709. The van der Waals surface area contributed by atoms with Gasteiger partial charge in [0.25, 0.3) is 0 Å². The molecule has 2 aromatic carbocycles. The Labute approximate surface area is 158 Å². The van der Waals surface area contributed by atoms with E-state index in [0.717, 1.165) is 29.0 Å². The van der Waals surface area contributed by atoms with E-state index in [9.17, 15) is 0 Å². The Morgan fingerprint density at radius 1 is 0.962 bits per heavy atom. The van der Waals surface area contributed by atoms with Crippen molar-refractivity contribution in [3.05, 3.63) is 66.2 Å². The predicted molar refractivity (Wildman–Crippen MR) is 112 cm³/mol. The van der Waals surface area contributed by atoms with Crippen molar-refractivity contribution in [1.82, 2.24) is 0 Å². The first kappa shape index (κ1) is 18.6. The molecular weight excluding hydrogens is 318 g/mol. The number of rotatable bonds is 7. The van der Waals surface area contributed by atoms with Gasteiger partial charge in [-0.2, -0.15) is 0 Å². The van der Waals surface area contributed by atoms with Gasteiger partial charge < -0.3 is 10.1 Å². The molecule has 1 saturated carbocycles. The molecule has 1 aliphatic carbocycles. The second kappa shape index (κ2) is 8.44. The molecular formula is C24H31NO. The highest BCUT2D eigenvalue weighted by molar-refractivity contribution is 5.78. The molecule has 1 N–H and O–H groups in total. The lowest BCUT2D eigenvalue weighted by Gasteiger charge is -2.37. The van der Waals surface area contributed by atoms with Crippen molar-refractivity contribution in [3.63, 3.8) is 0 Å². The van der Waals surface area contributed by atoms with Crippen LogP contribution in [0.15, 0.2) is 55.1 Å². The average molecular weight is 350 g/mol. The lowest BCUT2D eigenvalue weighted by atomic mass is 9.72. The Kier molecular flexibility index (Phi) is 6.03. The van der Waals surface area contributed by atoms with Gasteiger partial charge in [-0.15, -0.1) is 0 Å². The highest BCUT2D eigenvalue weighted by Crippen LogP contribution is 2.39. The first-order valence-electron chi connectivity index (χ1n) is 9.83. The highest BCUT2D eigenvalue weighted by atomic mass is 16.5. The fraction of sp³-hybridized carbons (Fsp3) is 0.417. The Morgan fingerprint density at radius 3 is 2.08 bits per heavy atom. The minimum Gasteiger partial charge on any atom is -0.497 e. The summed E-state index contributed by atoms with van der Waals surface area (Å²) in [5.74, 6) is 0.869. The van der Waals surface area contributed by atoms with Gasteiger partial charge in [0.05, 0.1) is 7.11 Å². The number of benzene rings is 2. The molecule has 0 saturated heterocycles. The molecule has 0 bridgehead atoms. The van der Waals surface area contributed by atoms with Crippen LogP contribution in [0.4, 0.5) is 5.69 Å². The van der Waals surface area contributed by atoms with Crippen molar-refractivity contribution in [2.24, 2.45) is 5.41 Å². The Balaban J connectivity index is 1.63. The molecule has 0 aliphatic heterocycles. The molecule has 0 unspecified atom stereocenters. The monoisotopic (exact) mass is 349 g/mol.